The number of fused-ring (bicyclic) bond motifs is 1. The summed E-state index contributed by atoms with van der Waals surface area (Å²) in [5, 5.41) is 11.0. The van der Waals surface area contributed by atoms with Crippen molar-refractivity contribution in [3.05, 3.63) is 63.7 Å². The molecule has 1 aliphatic rings. The first kappa shape index (κ1) is 18.6. The summed E-state index contributed by atoms with van der Waals surface area (Å²) in [6, 6.07) is 11.4. The summed E-state index contributed by atoms with van der Waals surface area (Å²) >= 11 is 0. The molecule has 1 aliphatic heterocycles. The lowest BCUT2D eigenvalue weighted by molar-refractivity contribution is -0.384. The van der Waals surface area contributed by atoms with Crippen LogP contribution in [0.4, 0.5) is 11.4 Å². The second-order valence-electron chi connectivity index (χ2n) is 6.25. The molecule has 0 aromatic heterocycles. The van der Waals surface area contributed by atoms with E-state index in [1.165, 1.54) is 17.0 Å². The largest absolute Gasteiger partial charge is 0.494 e. The zero-order valence-electron chi connectivity index (χ0n) is 15.0. The van der Waals surface area contributed by atoms with Crippen LogP contribution in [0.2, 0.25) is 0 Å². The molecule has 0 unspecified atom stereocenters. The van der Waals surface area contributed by atoms with Crippen LogP contribution in [0.5, 0.6) is 5.75 Å². The van der Waals surface area contributed by atoms with Crippen molar-refractivity contribution in [1.82, 2.24) is 0 Å². The van der Waals surface area contributed by atoms with Crippen LogP contribution < -0.4 is 9.64 Å². The Kier molecular flexibility index (Phi) is 5.49. The lowest BCUT2D eigenvalue weighted by Gasteiger charge is -2.17. The van der Waals surface area contributed by atoms with Crippen LogP contribution in [0.3, 0.4) is 0 Å². The van der Waals surface area contributed by atoms with Crippen LogP contribution in [-0.4, -0.2) is 29.8 Å². The van der Waals surface area contributed by atoms with Gasteiger partial charge in [-0.3, -0.25) is 19.7 Å². The first-order valence-electron chi connectivity index (χ1n) is 8.83. The number of ether oxygens (including phenoxy) is 1. The van der Waals surface area contributed by atoms with Gasteiger partial charge < -0.3 is 9.64 Å². The Labute approximate surface area is 156 Å². The highest BCUT2D eigenvalue weighted by Gasteiger charge is 2.26. The Morgan fingerprint density at radius 1 is 1.15 bits per heavy atom. The third-order valence-corrected chi connectivity index (χ3v) is 4.53. The lowest BCUT2D eigenvalue weighted by Crippen LogP contribution is -2.29. The zero-order chi connectivity index (χ0) is 19.4. The van der Waals surface area contributed by atoms with E-state index < -0.39 is 4.92 Å². The summed E-state index contributed by atoms with van der Waals surface area (Å²) in [7, 11) is 0. The van der Waals surface area contributed by atoms with Gasteiger partial charge in [-0.05, 0) is 43.2 Å². The smallest absolute Gasteiger partial charge is 0.271 e. The van der Waals surface area contributed by atoms with Crippen molar-refractivity contribution in [2.45, 2.75) is 26.2 Å². The highest BCUT2D eigenvalue weighted by molar-refractivity contribution is 6.01. The Morgan fingerprint density at radius 3 is 2.56 bits per heavy atom. The highest BCUT2D eigenvalue weighted by Crippen LogP contribution is 2.32. The number of carbonyl (C=O) groups is 2. The van der Waals surface area contributed by atoms with E-state index in [9.17, 15) is 19.7 Å². The van der Waals surface area contributed by atoms with Gasteiger partial charge in [-0.25, -0.2) is 0 Å². The fourth-order valence-corrected chi connectivity index (χ4v) is 3.14. The van der Waals surface area contributed by atoms with E-state index in [-0.39, 0.29) is 30.2 Å². The fraction of sp³-hybridized carbons (Fsp3) is 0.300. The fourth-order valence-electron chi connectivity index (χ4n) is 3.14. The number of non-ortho nitro benzene ring substituents is 1. The molecule has 0 aliphatic carbocycles. The normalized spacial score (nSPS) is 12.6. The molecular formula is C20H20N2O5. The van der Waals surface area contributed by atoms with Crippen LogP contribution in [0.1, 0.15) is 35.7 Å². The maximum absolute atomic E-state index is 12.5. The van der Waals surface area contributed by atoms with Gasteiger partial charge in [-0.1, -0.05) is 6.07 Å². The van der Waals surface area contributed by atoms with Crippen molar-refractivity contribution >= 4 is 23.1 Å². The van der Waals surface area contributed by atoms with E-state index in [0.717, 1.165) is 5.56 Å². The first-order chi connectivity index (χ1) is 13.0. The van der Waals surface area contributed by atoms with Crippen molar-refractivity contribution in [3.63, 3.8) is 0 Å². The number of rotatable bonds is 7. The molecule has 0 radical (unpaired) electrons. The predicted octanol–water partition coefficient (Wildman–Crippen LogP) is 3.55. The summed E-state index contributed by atoms with van der Waals surface area (Å²) < 4.78 is 5.35. The van der Waals surface area contributed by atoms with Crippen LogP contribution >= 0.6 is 0 Å². The van der Waals surface area contributed by atoms with E-state index in [1.807, 2.05) is 6.92 Å². The molecule has 2 aromatic carbocycles. The summed E-state index contributed by atoms with van der Waals surface area (Å²) in [4.78, 5) is 36.9. The number of benzene rings is 2. The number of Topliss-reactive ketones (excluding diaryl/α,β-unsaturated/α-hetero) is 1. The second-order valence-corrected chi connectivity index (χ2v) is 6.25. The number of ketones is 1. The molecule has 0 atom stereocenters. The number of anilines is 1. The SMILES string of the molecule is CCOc1ccc(C(=O)CCC(=O)N2CCc3ccc([N+](=O)[O-])cc32)cc1. The molecule has 0 fully saturated rings. The molecule has 1 heterocycles. The predicted molar refractivity (Wildman–Crippen MR) is 100 cm³/mol. The topological polar surface area (TPSA) is 89.8 Å². The van der Waals surface area contributed by atoms with E-state index >= 15 is 0 Å². The van der Waals surface area contributed by atoms with Gasteiger partial charge in [0.15, 0.2) is 5.78 Å². The number of nitrogens with zero attached hydrogens (tertiary/aromatic N) is 2. The maximum atomic E-state index is 12.5. The Balaban J connectivity index is 1.63. The number of nitro benzene ring substituents is 1. The number of nitro groups is 1. The Morgan fingerprint density at radius 2 is 1.89 bits per heavy atom. The standard InChI is InChI=1S/C20H20N2O5/c1-2-27-17-7-4-15(5-8-17)19(23)9-10-20(24)21-12-11-14-3-6-16(22(25)26)13-18(14)21/h3-8,13H,2,9-12H2,1H3. The summed E-state index contributed by atoms with van der Waals surface area (Å²) in [6.07, 6.45) is 0.813. The Bertz CT molecular complexity index is 876. The van der Waals surface area contributed by atoms with E-state index in [1.54, 1.807) is 30.3 Å². The van der Waals surface area contributed by atoms with E-state index in [0.29, 0.717) is 36.6 Å². The molecule has 1 amide bonds. The molecule has 0 saturated carbocycles. The average Bonchev–Trinajstić information content (AvgIpc) is 3.10. The molecule has 7 heteroatoms. The van der Waals surface area contributed by atoms with Crippen LogP contribution in [0.25, 0.3) is 0 Å². The third kappa shape index (κ3) is 4.13. The minimum absolute atomic E-state index is 0.0427. The molecule has 27 heavy (non-hydrogen) atoms. The first-order valence-corrected chi connectivity index (χ1v) is 8.83. The monoisotopic (exact) mass is 368 g/mol. The summed E-state index contributed by atoms with van der Waals surface area (Å²) in [5.74, 6) is 0.374. The minimum atomic E-state index is -0.475. The third-order valence-electron chi connectivity index (χ3n) is 4.53. The molecule has 3 rings (SSSR count). The molecule has 0 N–H and O–H groups in total. The summed E-state index contributed by atoms with van der Waals surface area (Å²) in [5.41, 5.74) is 1.97. The maximum Gasteiger partial charge on any atom is 0.271 e. The van der Waals surface area contributed by atoms with Crippen molar-refractivity contribution < 1.29 is 19.2 Å². The number of hydrogen-bond acceptors (Lipinski definition) is 5. The number of amides is 1. The molecule has 0 saturated heterocycles. The van der Waals surface area contributed by atoms with Gasteiger partial charge in [0, 0.05) is 37.1 Å². The Hall–Kier alpha value is -3.22. The van der Waals surface area contributed by atoms with Crippen molar-refractivity contribution in [1.29, 1.82) is 0 Å². The lowest BCUT2D eigenvalue weighted by atomic mass is 10.1. The number of carbonyl (C=O) groups excluding carboxylic acids is 2. The van der Waals surface area contributed by atoms with Gasteiger partial charge >= 0.3 is 0 Å². The van der Waals surface area contributed by atoms with E-state index in [2.05, 4.69) is 0 Å². The minimum Gasteiger partial charge on any atom is -0.494 e. The van der Waals surface area contributed by atoms with E-state index in [4.69, 9.17) is 4.74 Å². The van der Waals surface area contributed by atoms with Crippen molar-refractivity contribution in [2.75, 3.05) is 18.1 Å². The molecular weight excluding hydrogens is 348 g/mol. The highest BCUT2D eigenvalue weighted by atomic mass is 16.6. The molecule has 0 spiro atoms. The van der Waals surface area contributed by atoms with Gasteiger partial charge in [-0.15, -0.1) is 0 Å². The van der Waals surface area contributed by atoms with Crippen LogP contribution in [-0.2, 0) is 11.2 Å². The molecule has 7 nitrogen and oxygen atoms in total. The number of hydrogen-bond donors (Lipinski definition) is 0. The quantitative estimate of drug-likeness (QED) is 0.423. The van der Waals surface area contributed by atoms with Crippen molar-refractivity contribution in [3.8, 4) is 5.75 Å². The average molecular weight is 368 g/mol. The molecule has 140 valence electrons. The summed E-state index contributed by atoms with van der Waals surface area (Å²) in [6.45, 7) is 2.92. The molecule has 0 bridgehead atoms. The van der Waals surface area contributed by atoms with Gasteiger partial charge in [0.2, 0.25) is 5.91 Å². The van der Waals surface area contributed by atoms with Crippen LogP contribution in [0, 0.1) is 10.1 Å². The van der Waals surface area contributed by atoms with Gasteiger partial charge in [0.05, 0.1) is 17.2 Å². The second kappa shape index (κ2) is 7.99. The zero-order valence-corrected chi connectivity index (χ0v) is 15.0. The van der Waals surface area contributed by atoms with Gasteiger partial charge in [0.25, 0.3) is 5.69 Å². The van der Waals surface area contributed by atoms with Gasteiger partial charge in [-0.2, -0.15) is 0 Å². The van der Waals surface area contributed by atoms with Crippen molar-refractivity contribution in [2.24, 2.45) is 0 Å². The molecule has 2 aromatic rings. The van der Waals surface area contributed by atoms with Crippen LogP contribution in [0.15, 0.2) is 42.5 Å². The van der Waals surface area contributed by atoms with Gasteiger partial charge in [0.1, 0.15) is 5.75 Å².